The lowest BCUT2D eigenvalue weighted by molar-refractivity contribution is -0.138. The Morgan fingerprint density at radius 2 is 2.56 bits per heavy atom. The Bertz CT molecular complexity index is 425. The third-order valence-corrected chi connectivity index (χ3v) is 2.85. The highest BCUT2D eigenvalue weighted by molar-refractivity contribution is 5.79. The monoisotopic (exact) mass is 251 g/mol. The largest absolute Gasteiger partial charge is 0.490 e. The van der Waals surface area contributed by atoms with Crippen LogP contribution in [0.5, 0.6) is 5.75 Å². The van der Waals surface area contributed by atoms with Gasteiger partial charge in [-0.3, -0.25) is 0 Å². The molecule has 1 fully saturated rings. The van der Waals surface area contributed by atoms with E-state index < -0.39 is 12.0 Å². The molecule has 1 unspecified atom stereocenters. The summed E-state index contributed by atoms with van der Waals surface area (Å²) in [5.74, 6) is 0.386. The van der Waals surface area contributed by atoms with Gasteiger partial charge in [-0.05, 0) is 19.1 Å². The fraction of sp³-hybridized carbons (Fsp3) is 0.500. The van der Waals surface area contributed by atoms with E-state index in [-0.39, 0.29) is 0 Å². The SMILES string of the molecule is CCOc1cccnc1N1CCNCC1C(=O)O. The average Bonchev–Trinajstić information content (AvgIpc) is 2.40. The Labute approximate surface area is 106 Å². The Hall–Kier alpha value is -1.82. The van der Waals surface area contributed by atoms with Crippen LogP contribution in [0.2, 0.25) is 0 Å². The molecule has 1 atom stereocenters. The van der Waals surface area contributed by atoms with Gasteiger partial charge in [0.05, 0.1) is 6.61 Å². The van der Waals surface area contributed by atoms with Crippen molar-refractivity contribution in [3.05, 3.63) is 18.3 Å². The topological polar surface area (TPSA) is 74.7 Å². The molecule has 0 saturated carbocycles. The van der Waals surface area contributed by atoms with Crippen molar-refractivity contribution in [3.8, 4) is 5.75 Å². The van der Waals surface area contributed by atoms with Gasteiger partial charge < -0.3 is 20.1 Å². The standard InChI is InChI=1S/C12H17N3O3/c1-2-18-10-4-3-5-14-11(10)15-7-6-13-8-9(15)12(16)17/h3-5,9,13H,2,6-8H2,1H3,(H,16,17). The Balaban J connectivity index is 2.30. The summed E-state index contributed by atoms with van der Waals surface area (Å²) in [6, 6.07) is 2.99. The van der Waals surface area contributed by atoms with Crippen molar-refractivity contribution in [3.63, 3.8) is 0 Å². The molecule has 1 aliphatic heterocycles. The van der Waals surface area contributed by atoms with Gasteiger partial charge in [-0.15, -0.1) is 0 Å². The van der Waals surface area contributed by atoms with Crippen LogP contribution in [0.25, 0.3) is 0 Å². The summed E-state index contributed by atoms with van der Waals surface area (Å²) in [4.78, 5) is 17.3. The number of carboxylic acids is 1. The number of aromatic nitrogens is 1. The van der Waals surface area contributed by atoms with Crippen molar-refractivity contribution >= 4 is 11.8 Å². The summed E-state index contributed by atoms with van der Waals surface area (Å²) >= 11 is 0. The van der Waals surface area contributed by atoms with E-state index in [1.54, 1.807) is 17.2 Å². The number of nitrogens with zero attached hydrogens (tertiary/aromatic N) is 2. The van der Waals surface area contributed by atoms with Crippen LogP contribution in [0.3, 0.4) is 0 Å². The smallest absolute Gasteiger partial charge is 0.327 e. The van der Waals surface area contributed by atoms with E-state index in [1.807, 2.05) is 13.0 Å². The maximum absolute atomic E-state index is 11.3. The predicted molar refractivity (Wildman–Crippen MR) is 67.0 cm³/mol. The molecule has 1 saturated heterocycles. The molecule has 0 aromatic carbocycles. The molecule has 1 aromatic heterocycles. The van der Waals surface area contributed by atoms with Gasteiger partial charge in [-0.2, -0.15) is 0 Å². The van der Waals surface area contributed by atoms with E-state index in [4.69, 9.17) is 4.74 Å². The van der Waals surface area contributed by atoms with Gasteiger partial charge >= 0.3 is 5.97 Å². The molecule has 0 aliphatic carbocycles. The number of nitrogens with one attached hydrogen (secondary N) is 1. The number of ether oxygens (including phenoxy) is 1. The Morgan fingerprint density at radius 3 is 3.28 bits per heavy atom. The van der Waals surface area contributed by atoms with Gasteiger partial charge in [-0.25, -0.2) is 9.78 Å². The van der Waals surface area contributed by atoms with Crippen LogP contribution in [-0.2, 0) is 4.79 Å². The van der Waals surface area contributed by atoms with Crippen LogP contribution < -0.4 is 15.0 Å². The molecular formula is C12H17N3O3. The third-order valence-electron chi connectivity index (χ3n) is 2.85. The fourth-order valence-electron chi connectivity index (χ4n) is 2.04. The first-order valence-corrected chi connectivity index (χ1v) is 6.02. The molecule has 18 heavy (non-hydrogen) atoms. The number of hydrogen-bond acceptors (Lipinski definition) is 5. The normalized spacial score (nSPS) is 19.6. The molecule has 2 N–H and O–H groups in total. The summed E-state index contributed by atoms with van der Waals surface area (Å²) < 4.78 is 5.50. The molecule has 1 aromatic rings. The summed E-state index contributed by atoms with van der Waals surface area (Å²) in [5.41, 5.74) is 0. The van der Waals surface area contributed by atoms with E-state index in [9.17, 15) is 9.90 Å². The number of carbonyl (C=O) groups is 1. The molecule has 2 rings (SSSR count). The maximum atomic E-state index is 11.3. The van der Waals surface area contributed by atoms with E-state index in [0.717, 1.165) is 6.54 Å². The van der Waals surface area contributed by atoms with Gasteiger partial charge in [-0.1, -0.05) is 0 Å². The summed E-state index contributed by atoms with van der Waals surface area (Å²) in [6.07, 6.45) is 1.65. The highest BCUT2D eigenvalue weighted by Crippen LogP contribution is 2.27. The minimum atomic E-state index is -0.852. The van der Waals surface area contributed by atoms with Crippen LogP contribution in [-0.4, -0.2) is 48.3 Å². The zero-order chi connectivity index (χ0) is 13.0. The van der Waals surface area contributed by atoms with E-state index in [1.165, 1.54) is 0 Å². The molecule has 0 bridgehead atoms. The van der Waals surface area contributed by atoms with Crippen LogP contribution in [0.1, 0.15) is 6.92 Å². The maximum Gasteiger partial charge on any atom is 0.327 e. The number of rotatable bonds is 4. The third kappa shape index (κ3) is 2.53. The van der Waals surface area contributed by atoms with Gasteiger partial charge in [0.15, 0.2) is 11.6 Å². The lowest BCUT2D eigenvalue weighted by Crippen LogP contribution is -2.55. The Kier molecular flexibility index (Phi) is 3.99. The first-order valence-electron chi connectivity index (χ1n) is 6.02. The van der Waals surface area contributed by atoms with Gasteiger partial charge in [0, 0.05) is 25.8 Å². The zero-order valence-corrected chi connectivity index (χ0v) is 10.3. The van der Waals surface area contributed by atoms with E-state index in [2.05, 4.69) is 10.3 Å². The molecule has 6 nitrogen and oxygen atoms in total. The van der Waals surface area contributed by atoms with Crippen LogP contribution in [0, 0.1) is 0 Å². The second kappa shape index (κ2) is 5.68. The number of piperazine rings is 1. The highest BCUT2D eigenvalue weighted by Gasteiger charge is 2.30. The Morgan fingerprint density at radius 1 is 1.72 bits per heavy atom. The van der Waals surface area contributed by atoms with Crippen molar-refractivity contribution < 1.29 is 14.6 Å². The number of hydrogen-bond donors (Lipinski definition) is 2. The minimum Gasteiger partial charge on any atom is -0.490 e. The van der Waals surface area contributed by atoms with Crippen LogP contribution >= 0.6 is 0 Å². The van der Waals surface area contributed by atoms with Crippen molar-refractivity contribution in [1.29, 1.82) is 0 Å². The lowest BCUT2D eigenvalue weighted by Gasteiger charge is -2.35. The molecule has 6 heteroatoms. The fourth-order valence-corrected chi connectivity index (χ4v) is 2.04. The summed E-state index contributed by atoms with van der Waals surface area (Å²) in [5, 5.41) is 12.3. The number of anilines is 1. The van der Waals surface area contributed by atoms with Crippen LogP contribution in [0.15, 0.2) is 18.3 Å². The average molecular weight is 251 g/mol. The number of aliphatic carboxylic acids is 1. The van der Waals surface area contributed by atoms with Gasteiger partial charge in [0.25, 0.3) is 0 Å². The summed E-state index contributed by atoms with van der Waals surface area (Å²) in [7, 11) is 0. The molecule has 0 amide bonds. The molecular weight excluding hydrogens is 234 g/mol. The zero-order valence-electron chi connectivity index (χ0n) is 10.3. The van der Waals surface area contributed by atoms with Crippen molar-refractivity contribution in [2.24, 2.45) is 0 Å². The minimum absolute atomic E-state index is 0.414. The van der Waals surface area contributed by atoms with Gasteiger partial charge in [0.2, 0.25) is 0 Å². The van der Waals surface area contributed by atoms with E-state index in [0.29, 0.717) is 31.3 Å². The molecule has 1 aliphatic rings. The quantitative estimate of drug-likeness (QED) is 0.804. The highest BCUT2D eigenvalue weighted by atomic mass is 16.5. The van der Waals surface area contributed by atoms with E-state index >= 15 is 0 Å². The first kappa shape index (κ1) is 12.6. The lowest BCUT2D eigenvalue weighted by atomic mass is 10.2. The summed E-state index contributed by atoms with van der Waals surface area (Å²) in [6.45, 7) is 4.18. The van der Waals surface area contributed by atoms with Crippen molar-refractivity contribution in [1.82, 2.24) is 10.3 Å². The molecule has 2 heterocycles. The number of carboxylic acid groups (broad SMARTS) is 1. The molecule has 0 spiro atoms. The second-order valence-electron chi connectivity index (χ2n) is 4.01. The second-order valence-corrected chi connectivity index (χ2v) is 4.01. The first-order chi connectivity index (χ1) is 8.74. The van der Waals surface area contributed by atoms with Gasteiger partial charge in [0.1, 0.15) is 6.04 Å². The predicted octanol–water partition coefficient (Wildman–Crippen LogP) is 0.343. The van der Waals surface area contributed by atoms with Crippen molar-refractivity contribution in [2.45, 2.75) is 13.0 Å². The molecule has 0 radical (unpaired) electrons. The van der Waals surface area contributed by atoms with Crippen LogP contribution in [0.4, 0.5) is 5.82 Å². The molecule has 98 valence electrons. The number of pyridine rings is 1. The van der Waals surface area contributed by atoms with Crippen molar-refractivity contribution in [2.75, 3.05) is 31.1 Å².